The molecular weight excluding hydrogens is 243 g/mol. The van der Waals surface area contributed by atoms with Gasteiger partial charge in [-0.25, -0.2) is 4.39 Å². The maximum absolute atomic E-state index is 12.8. The van der Waals surface area contributed by atoms with Crippen molar-refractivity contribution in [2.75, 3.05) is 19.6 Å². The van der Waals surface area contributed by atoms with Crippen LogP contribution in [0.5, 0.6) is 0 Å². The molecule has 0 bridgehead atoms. The van der Waals surface area contributed by atoms with Crippen LogP contribution in [0.4, 0.5) is 4.39 Å². The molecule has 0 N–H and O–H groups in total. The summed E-state index contributed by atoms with van der Waals surface area (Å²) in [4.78, 5) is 14.9. The molecule has 2 rings (SSSR count). The molecule has 4 heteroatoms. The summed E-state index contributed by atoms with van der Waals surface area (Å²) in [5, 5.41) is 0. The Morgan fingerprint density at radius 2 is 2.05 bits per heavy atom. The number of rotatable bonds is 4. The smallest absolute Gasteiger partial charge is 0.144 e. The van der Waals surface area contributed by atoms with E-state index in [-0.39, 0.29) is 5.82 Å². The Morgan fingerprint density at radius 3 is 2.68 bits per heavy atom. The maximum atomic E-state index is 12.8. The van der Waals surface area contributed by atoms with Crippen molar-refractivity contribution in [3.63, 3.8) is 0 Å². The SMILES string of the molecule is CC1CN(Cc2ccc(F)cc2)CCN1C=CC=O. The van der Waals surface area contributed by atoms with Crippen LogP contribution in [0.15, 0.2) is 36.5 Å². The van der Waals surface area contributed by atoms with Crippen LogP contribution in [-0.2, 0) is 11.3 Å². The fourth-order valence-corrected chi connectivity index (χ4v) is 2.41. The number of carbonyl (C=O) groups is 1. The number of benzene rings is 1. The molecule has 1 saturated heterocycles. The molecule has 0 amide bonds. The van der Waals surface area contributed by atoms with Gasteiger partial charge in [0.05, 0.1) is 0 Å². The number of hydrogen-bond donors (Lipinski definition) is 0. The van der Waals surface area contributed by atoms with E-state index in [1.165, 1.54) is 18.2 Å². The molecule has 0 radical (unpaired) electrons. The van der Waals surface area contributed by atoms with E-state index in [2.05, 4.69) is 16.7 Å². The highest BCUT2D eigenvalue weighted by atomic mass is 19.1. The second-order valence-electron chi connectivity index (χ2n) is 4.93. The summed E-state index contributed by atoms with van der Waals surface area (Å²) in [5.41, 5.74) is 1.13. The number of allylic oxidation sites excluding steroid dienone is 1. The number of nitrogens with zero attached hydrogens (tertiary/aromatic N) is 2. The van der Waals surface area contributed by atoms with Crippen LogP contribution in [-0.4, -0.2) is 41.8 Å². The molecule has 1 fully saturated rings. The van der Waals surface area contributed by atoms with Gasteiger partial charge in [-0.15, -0.1) is 0 Å². The van der Waals surface area contributed by atoms with Crippen molar-refractivity contribution in [1.29, 1.82) is 0 Å². The number of carbonyl (C=O) groups excluding carboxylic acids is 1. The Morgan fingerprint density at radius 1 is 1.32 bits per heavy atom. The average molecular weight is 262 g/mol. The van der Waals surface area contributed by atoms with E-state index in [1.54, 1.807) is 0 Å². The summed E-state index contributed by atoms with van der Waals surface area (Å²) in [6, 6.07) is 7.05. The molecule has 0 aromatic heterocycles. The predicted octanol–water partition coefficient (Wildman–Crippen LogP) is 2.04. The van der Waals surface area contributed by atoms with E-state index in [9.17, 15) is 9.18 Å². The van der Waals surface area contributed by atoms with E-state index < -0.39 is 0 Å². The van der Waals surface area contributed by atoms with Crippen LogP contribution in [0.1, 0.15) is 12.5 Å². The minimum Gasteiger partial charge on any atom is -0.372 e. The molecule has 1 unspecified atom stereocenters. The largest absolute Gasteiger partial charge is 0.372 e. The lowest BCUT2D eigenvalue weighted by Crippen LogP contribution is -2.49. The van der Waals surface area contributed by atoms with Crippen molar-refractivity contribution in [3.05, 3.63) is 47.9 Å². The number of hydrogen-bond acceptors (Lipinski definition) is 3. The first-order chi connectivity index (χ1) is 9.19. The van der Waals surface area contributed by atoms with E-state index in [4.69, 9.17) is 0 Å². The van der Waals surface area contributed by atoms with Gasteiger partial charge in [0.25, 0.3) is 0 Å². The third kappa shape index (κ3) is 3.89. The number of piperazine rings is 1. The summed E-state index contributed by atoms with van der Waals surface area (Å²) in [5.74, 6) is -0.194. The molecule has 1 aromatic carbocycles. The second kappa shape index (κ2) is 6.48. The molecule has 1 aliphatic rings. The topological polar surface area (TPSA) is 23.6 Å². The van der Waals surface area contributed by atoms with E-state index in [0.717, 1.165) is 38.0 Å². The minimum atomic E-state index is -0.194. The van der Waals surface area contributed by atoms with Gasteiger partial charge in [-0.05, 0) is 30.7 Å². The van der Waals surface area contributed by atoms with Crippen molar-refractivity contribution >= 4 is 6.29 Å². The van der Waals surface area contributed by atoms with Crippen LogP contribution < -0.4 is 0 Å². The second-order valence-corrected chi connectivity index (χ2v) is 4.93. The minimum absolute atomic E-state index is 0.194. The van der Waals surface area contributed by atoms with Crippen molar-refractivity contribution < 1.29 is 9.18 Å². The highest BCUT2D eigenvalue weighted by Crippen LogP contribution is 2.13. The normalized spacial score (nSPS) is 20.9. The first-order valence-corrected chi connectivity index (χ1v) is 6.53. The van der Waals surface area contributed by atoms with Gasteiger partial charge in [-0.2, -0.15) is 0 Å². The van der Waals surface area contributed by atoms with Gasteiger partial charge in [-0.1, -0.05) is 12.1 Å². The first kappa shape index (κ1) is 13.7. The average Bonchev–Trinajstić information content (AvgIpc) is 2.41. The Bertz CT molecular complexity index is 444. The van der Waals surface area contributed by atoms with Crippen LogP contribution in [0.3, 0.4) is 0 Å². The standard InChI is InChI=1S/C15H19FN2O/c1-13-11-17(8-9-18(13)7-2-10-19)12-14-3-5-15(16)6-4-14/h2-7,10,13H,8-9,11-12H2,1H3. The molecule has 1 heterocycles. The van der Waals surface area contributed by atoms with Gasteiger partial charge in [0.15, 0.2) is 0 Å². The lowest BCUT2D eigenvalue weighted by Gasteiger charge is -2.39. The molecule has 1 aromatic rings. The highest BCUT2D eigenvalue weighted by Gasteiger charge is 2.21. The predicted molar refractivity (Wildman–Crippen MR) is 73.0 cm³/mol. The molecule has 0 spiro atoms. The molecular formula is C15H19FN2O. The molecule has 3 nitrogen and oxygen atoms in total. The number of aldehydes is 1. The van der Waals surface area contributed by atoms with Crippen molar-refractivity contribution in [2.24, 2.45) is 0 Å². The Balaban J connectivity index is 1.89. The summed E-state index contributed by atoms with van der Waals surface area (Å²) in [6.45, 7) is 5.79. The zero-order valence-corrected chi connectivity index (χ0v) is 11.1. The Labute approximate surface area is 113 Å². The number of halogens is 1. The molecule has 19 heavy (non-hydrogen) atoms. The van der Waals surface area contributed by atoms with E-state index in [0.29, 0.717) is 6.04 Å². The fraction of sp³-hybridized carbons (Fsp3) is 0.400. The quantitative estimate of drug-likeness (QED) is 0.613. The van der Waals surface area contributed by atoms with Crippen LogP contribution >= 0.6 is 0 Å². The summed E-state index contributed by atoms with van der Waals surface area (Å²) >= 11 is 0. The van der Waals surface area contributed by atoms with E-state index >= 15 is 0 Å². The van der Waals surface area contributed by atoms with Crippen LogP contribution in [0, 0.1) is 5.82 Å². The summed E-state index contributed by atoms with van der Waals surface area (Å²) < 4.78 is 12.8. The molecule has 1 atom stereocenters. The molecule has 0 saturated carbocycles. The van der Waals surface area contributed by atoms with Crippen molar-refractivity contribution in [1.82, 2.24) is 9.80 Å². The third-order valence-electron chi connectivity index (χ3n) is 3.44. The lowest BCUT2D eigenvalue weighted by molar-refractivity contribution is -0.104. The maximum Gasteiger partial charge on any atom is 0.144 e. The Kier molecular flexibility index (Phi) is 4.68. The zero-order chi connectivity index (χ0) is 13.7. The first-order valence-electron chi connectivity index (χ1n) is 6.53. The van der Waals surface area contributed by atoms with Crippen LogP contribution in [0.2, 0.25) is 0 Å². The van der Waals surface area contributed by atoms with Crippen molar-refractivity contribution in [2.45, 2.75) is 19.5 Å². The lowest BCUT2D eigenvalue weighted by atomic mass is 10.1. The summed E-state index contributed by atoms with van der Waals surface area (Å²) in [6.07, 6.45) is 4.19. The third-order valence-corrected chi connectivity index (χ3v) is 3.44. The van der Waals surface area contributed by atoms with Gasteiger partial charge in [-0.3, -0.25) is 9.69 Å². The zero-order valence-electron chi connectivity index (χ0n) is 11.1. The monoisotopic (exact) mass is 262 g/mol. The van der Waals surface area contributed by atoms with Crippen LogP contribution in [0.25, 0.3) is 0 Å². The van der Waals surface area contributed by atoms with Gasteiger partial charge in [0.2, 0.25) is 0 Å². The van der Waals surface area contributed by atoms with Gasteiger partial charge >= 0.3 is 0 Å². The van der Waals surface area contributed by atoms with Gasteiger partial charge in [0.1, 0.15) is 12.1 Å². The van der Waals surface area contributed by atoms with Crippen molar-refractivity contribution in [3.8, 4) is 0 Å². The molecule has 102 valence electrons. The van der Waals surface area contributed by atoms with Gasteiger partial charge < -0.3 is 4.90 Å². The fourth-order valence-electron chi connectivity index (χ4n) is 2.41. The van der Waals surface area contributed by atoms with Gasteiger partial charge in [0, 0.05) is 38.4 Å². The van der Waals surface area contributed by atoms with E-state index in [1.807, 2.05) is 18.3 Å². The highest BCUT2D eigenvalue weighted by molar-refractivity contribution is 5.64. The molecule has 1 aliphatic heterocycles. The molecule has 0 aliphatic carbocycles. The Hall–Kier alpha value is -1.68. The summed E-state index contributed by atoms with van der Waals surface area (Å²) in [7, 11) is 0.